The minimum Gasteiger partial charge on any atom is -0.497 e. The number of rotatable bonds is 13. The molecule has 1 aliphatic heterocycles. The number of esters is 1. The molecule has 17 heteroatoms. The molecule has 4 amide bonds. The summed E-state index contributed by atoms with van der Waals surface area (Å²) in [6.07, 6.45) is 1.44. The van der Waals surface area contributed by atoms with Crippen LogP contribution in [0.5, 0.6) is 11.6 Å². The summed E-state index contributed by atoms with van der Waals surface area (Å²) in [7, 11) is -2.40. The van der Waals surface area contributed by atoms with Gasteiger partial charge in [0, 0.05) is 23.9 Å². The van der Waals surface area contributed by atoms with Gasteiger partial charge in [0.15, 0.2) is 0 Å². The number of pyridine rings is 1. The van der Waals surface area contributed by atoms with E-state index in [1.807, 2.05) is 0 Å². The maximum atomic E-state index is 14.5. The Bertz CT molecular complexity index is 1910. The van der Waals surface area contributed by atoms with Gasteiger partial charge in [-0.1, -0.05) is 6.08 Å². The Hall–Kier alpha value is -4.93. The number of carbonyl (C=O) groups is 5. The number of alkyl carbamates (subject to hydrolysis) is 1. The van der Waals surface area contributed by atoms with E-state index in [0.717, 1.165) is 5.39 Å². The van der Waals surface area contributed by atoms with Gasteiger partial charge in [0.05, 0.1) is 25.3 Å². The maximum absolute atomic E-state index is 14.5. The fourth-order valence-corrected chi connectivity index (χ4v) is 7.66. The first-order valence-electron chi connectivity index (χ1n) is 17.8. The highest BCUT2D eigenvalue weighted by molar-refractivity contribution is 7.91. The topological polar surface area (TPSA) is 209 Å². The predicted molar refractivity (Wildman–Crippen MR) is 196 cm³/mol. The molecular weight excluding hydrogens is 722 g/mol. The normalized spacial score (nSPS) is 23.1. The number of hydrogen-bond acceptors (Lipinski definition) is 12. The van der Waals surface area contributed by atoms with Crippen LogP contribution < -0.4 is 24.8 Å². The summed E-state index contributed by atoms with van der Waals surface area (Å²) in [6, 6.07) is 4.24. The third-order valence-corrected chi connectivity index (χ3v) is 10.9. The lowest BCUT2D eigenvalue weighted by molar-refractivity contribution is -0.157. The number of aromatic nitrogens is 1. The van der Waals surface area contributed by atoms with Gasteiger partial charge in [-0.05, 0) is 90.5 Å². The van der Waals surface area contributed by atoms with Crippen LogP contribution in [0.25, 0.3) is 10.8 Å². The smallest absolute Gasteiger partial charge is 0.408 e. The van der Waals surface area contributed by atoms with Gasteiger partial charge in [-0.15, -0.1) is 6.58 Å². The summed E-state index contributed by atoms with van der Waals surface area (Å²) in [6.45, 7) is 13.4. The van der Waals surface area contributed by atoms with E-state index in [4.69, 9.17) is 18.9 Å². The second kappa shape index (κ2) is 15.1. The van der Waals surface area contributed by atoms with E-state index in [9.17, 15) is 32.4 Å². The van der Waals surface area contributed by atoms with Gasteiger partial charge in [0.25, 0.3) is 5.91 Å². The van der Waals surface area contributed by atoms with Gasteiger partial charge < -0.3 is 34.5 Å². The number of nitrogens with one attached hydrogen (secondary N) is 3. The summed E-state index contributed by atoms with van der Waals surface area (Å²) in [5, 5.41) is 5.90. The lowest BCUT2D eigenvalue weighted by atomic mass is 10.1. The molecule has 2 saturated carbocycles. The molecule has 3 aliphatic rings. The predicted octanol–water partition coefficient (Wildman–Crippen LogP) is 2.89. The van der Waals surface area contributed by atoms with Crippen LogP contribution in [0.1, 0.15) is 73.6 Å². The minimum atomic E-state index is -3.95. The number of benzene rings is 1. The fourth-order valence-electron chi connectivity index (χ4n) is 6.30. The molecule has 1 aromatic carbocycles. The van der Waals surface area contributed by atoms with E-state index in [-0.39, 0.29) is 25.3 Å². The van der Waals surface area contributed by atoms with Crippen molar-refractivity contribution >= 4 is 50.6 Å². The number of amides is 4. The van der Waals surface area contributed by atoms with Crippen molar-refractivity contribution in [2.24, 2.45) is 5.92 Å². The van der Waals surface area contributed by atoms with Crippen LogP contribution in [-0.2, 0) is 38.7 Å². The summed E-state index contributed by atoms with van der Waals surface area (Å²) in [5.41, 5.74) is -3.48. The largest absolute Gasteiger partial charge is 0.497 e. The number of likely N-dealkylation sites (tertiary alicyclic amines) is 1. The van der Waals surface area contributed by atoms with E-state index in [1.54, 1.807) is 79.1 Å². The average molecular weight is 772 g/mol. The first-order valence-corrected chi connectivity index (χ1v) is 19.3. The van der Waals surface area contributed by atoms with E-state index >= 15 is 0 Å². The summed E-state index contributed by atoms with van der Waals surface area (Å²) >= 11 is 0. The molecular formula is C37H49N5O11S. The number of sulfonamides is 1. The van der Waals surface area contributed by atoms with Gasteiger partial charge in [-0.3, -0.25) is 23.9 Å². The van der Waals surface area contributed by atoms with Gasteiger partial charge >= 0.3 is 12.1 Å². The van der Waals surface area contributed by atoms with E-state index in [1.165, 1.54) is 11.0 Å². The lowest BCUT2D eigenvalue weighted by Gasteiger charge is -2.30. The van der Waals surface area contributed by atoms with Crippen molar-refractivity contribution in [3.05, 3.63) is 43.1 Å². The zero-order valence-electron chi connectivity index (χ0n) is 31.6. The van der Waals surface area contributed by atoms with Crippen LogP contribution in [0.3, 0.4) is 0 Å². The molecule has 3 fully saturated rings. The molecule has 0 spiro atoms. The van der Waals surface area contributed by atoms with Crippen molar-refractivity contribution in [1.82, 2.24) is 25.2 Å². The standard InChI is InChI=1S/C37H49N5O11S/c1-9-22-19-37(22,33(46)41-54(48,49)25-11-12-25)40-30(44)28-17-24(51-31-26-13-10-23(50-8)16-21(26)14-15-38-31)20-42(28)32(45)27(18-29(43)52-35(2,3)4)39-34(47)53-36(5,6)7/h9-10,13-16,22,24-25,27-28H,1,11-12,17-20H2,2-8H3,(H,39,47)(H,40,44)(H,41,46)/t22-,24+,27-,28+,37-/m0/s1. The highest BCUT2D eigenvalue weighted by atomic mass is 32.2. The second-order valence-corrected chi connectivity index (χ2v) is 17.8. The molecule has 294 valence electrons. The number of hydrogen-bond donors (Lipinski definition) is 3. The monoisotopic (exact) mass is 771 g/mol. The molecule has 5 atom stereocenters. The van der Waals surface area contributed by atoms with Crippen LogP contribution in [0.2, 0.25) is 0 Å². The molecule has 1 aromatic heterocycles. The van der Waals surface area contributed by atoms with Crippen LogP contribution in [0.4, 0.5) is 4.79 Å². The summed E-state index contributed by atoms with van der Waals surface area (Å²) < 4.78 is 50.0. The molecule has 2 aromatic rings. The number of carbonyl (C=O) groups excluding carboxylic acids is 5. The van der Waals surface area contributed by atoms with E-state index < -0.39 is 92.3 Å². The highest BCUT2D eigenvalue weighted by Gasteiger charge is 2.62. The van der Waals surface area contributed by atoms with Crippen molar-refractivity contribution in [3.8, 4) is 11.6 Å². The van der Waals surface area contributed by atoms with Crippen LogP contribution in [-0.4, -0.2) is 102 Å². The molecule has 2 heterocycles. The van der Waals surface area contributed by atoms with Crippen molar-refractivity contribution in [2.45, 2.75) is 114 Å². The first-order chi connectivity index (χ1) is 25.1. The first kappa shape index (κ1) is 40.3. The zero-order valence-corrected chi connectivity index (χ0v) is 32.4. The van der Waals surface area contributed by atoms with Gasteiger partial charge in [0.1, 0.15) is 40.7 Å². The van der Waals surface area contributed by atoms with Gasteiger partial charge in [-0.2, -0.15) is 0 Å². The fraction of sp³-hybridized carbons (Fsp3) is 0.568. The zero-order chi connectivity index (χ0) is 39.8. The molecule has 0 radical (unpaired) electrons. The third-order valence-electron chi connectivity index (χ3n) is 9.09. The Morgan fingerprint density at radius 3 is 2.33 bits per heavy atom. The lowest BCUT2D eigenvalue weighted by Crippen LogP contribution is -2.58. The molecule has 3 N–H and O–H groups in total. The molecule has 0 bridgehead atoms. The van der Waals surface area contributed by atoms with Gasteiger partial charge in [0.2, 0.25) is 27.7 Å². The Morgan fingerprint density at radius 1 is 1.06 bits per heavy atom. The molecule has 0 unspecified atom stereocenters. The number of methoxy groups -OCH3 is 1. The van der Waals surface area contributed by atoms with Crippen LogP contribution in [0, 0.1) is 5.92 Å². The van der Waals surface area contributed by atoms with Crippen LogP contribution >= 0.6 is 0 Å². The Labute approximate surface area is 314 Å². The summed E-state index contributed by atoms with van der Waals surface area (Å²) in [4.78, 5) is 73.8. The minimum absolute atomic E-state index is 0.0830. The van der Waals surface area contributed by atoms with Crippen molar-refractivity contribution < 1.29 is 51.3 Å². The second-order valence-electron chi connectivity index (χ2n) is 15.9. The third kappa shape index (κ3) is 9.59. The quantitative estimate of drug-likeness (QED) is 0.199. The number of fused-ring (bicyclic) bond motifs is 1. The molecule has 1 saturated heterocycles. The van der Waals surface area contributed by atoms with E-state index in [0.29, 0.717) is 24.0 Å². The number of nitrogens with zero attached hydrogens (tertiary/aromatic N) is 2. The van der Waals surface area contributed by atoms with E-state index in [2.05, 4.69) is 26.9 Å². The SMILES string of the molecule is C=C[C@H]1C[C@@]1(NC(=O)[C@H]1C[C@@H](Oc2nccc3cc(OC)ccc23)CN1C(=O)[C@H](CC(=O)OC(C)(C)C)NC(=O)OC(C)(C)C)C(=O)NS(=O)(=O)C1CC1. The maximum Gasteiger partial charge on any atom is 0.408 e. The average Bonchev–Trinajstić information content (AvgIpc) is 3.99. The van der Waals surface area contributed by atoms with Crippen molar-refractivity contribution in [2.75, 3.05) is 13.7 Å². The highest BCUT2D eigenvalue weighted by Crippen LogP contribution is 2.45. The molecule has 16 nitrogen and oxygen atoms in total. The number of ether oxygens (including phenoxy) is 4. The molecule has 54 heavy (non-hydrogen) atoms. The summed E-state index contributed by atoms with van der Waals surface area (Å²) in [5.74, 6) is -3.04. The van der Waals surface area contributed by atoms with Gasteiger partial charge in [-0.25, -0.2) is 18.2 Å². The Morgan fingerprint density at radius 2 is 1.74 bits per heavy atom. The van der Waals surface area contributed by atoms with Crippen molar-refractivity contribution in [1.29, 1.82) is 0 Å². The molecule has 5 rings (SSSR count). The molecule has 2 aliphatic carbocycles. The Kier molecular flexibility index (Phi) is 11.2. The van der Waals surface area contributed by atoms with Crippen LogP contribution in [0.15, 0.2) is 43.1 Å². The van der Waals surface area contributed by atoms with Crippen molar-refractivity contribution in [3.63, 3.8) is 0 Å². The Balaban J connectivity index is 1.46.